The number of H-pyrrole nitrogens is 1. The molecule has 4 heterocycles. The van der Waals surface area contributed by atoms with Crippen molar-refractivity contribution in [2.24, 2.45) is 5.92 Å². The molecule has 0 spiro atoms. The number of nitrogens with one attached hydrogen (secondary N) is 2. The number of aromatic nitrogens is 3. The normalized spacial score (nSPS) is 17.9. The van der Waals surface area contributed by atoms with Crippen LogP contribution in [-0.2, 0) is 11.3 Å². The van der Waals surface area contributed by atoms with Crippen LogP contribution in [0.3, 0.4) is 0 Å². The van der Waals surface area contributed by atoms with Crippen molar-refractivity contribution in [3.05, 3.63) is 47.9 Å². The summed E-state index contributed by atoms with van der Waals surface area (Å²) in [6.45, 7) is 5.49. The van der Waals surface area contributed by atoms with Crippen LogP contribution < -0.4 is 5.32 Å². The lowest BCUT2D eigenvalue weighted by molar-refractivity contribution is 0.0642. The number of rotatable bonds is 6. The molecule has 1 amide bonds. The van der Waals surface area contributed by atoms with E-state index in [2.05, 4.69) is 37.5 Å². The molecule has 7 nitrogen and oxygen atoms in total. The molecule has 2 aliphatic rings. The van der Waals surface area contributed by atoms with Gasteiger partial charge in [0.25, 0.3) is 5.91 Å². The van der Waals surface area contributed by atoms with Crippen molar-refractivity contribution in [2.45, 2.75) is 32.2 Å². The van der Waals surface area contributed by atoms with Crippen LogP contribution in [0.25, 0.3) is 22.0 Å². The van der Waals surface area contributed by atoms with Crippen LogP contribution in [0.1, 0.15) is 41.7 Å². The third-order valence-corrected chi connectivity index (χ3v) is 6.40. The Balaban J connectivity index is 1.34. The molecule has 2 fully saturated rings. The Morgan fingerprint density at radius 1 is 1.13 bits per heavy atom. The molecule has 5 rings (SSSR count). The number of hydrogen-bond acceptors (Lipinski definition) is 5. The molecule has 3 aromatic rings. The summed E-state index contributed by atoms with van der Waals surface area (Å²) >= 11 is 0. The van der Waals surface area contributed by atoms with E-state index in [-0.39, 0.29) is 5.91 Å². The van der Waals surface area contributed by atoms with Crippen LogP contribution in [-0.4, -0.2) is 58.8 Å². The van der Waals surface area contributed by atoms with Gasteiger partial charge in [0.15, 0.2) is 5.69 Å². The Labute approximate surface area is 182 Å². The summed E-state index contributed by atoms with van der Waals surface area (Å²) in [7, 11) is 0. The lowest BCUT2D eigenvalue weighted by Crippen LogP contribution is -2.32. The number of ether oxygens (including phenoxy) is 1. The number of nitrogens with zero attached hydrogens (tertiary/aromatic N) is 3. The monoisotopic (exact) mass is 419 g/mol. The zero-order chi connectivity index (χ0) is 21.0. The van der Waals surface area contributed by atoms with Crippen LogP contribution in [0, 0.1) is 5.92 Å². The molecule has 7 heteroatoms. The largest absolute Gasteiger partial charge is 0.381 e. The number of amides is 1. The van der Waals surface area contributed by atoms with Gasteiger partial charge in [0.2, 0.25) is 0 Å². The number of benzene rings is 1. The number of aromatic amines is 1. The molecule has 2 saturated heterocycles. The van der Waals surface area contributed by atoms with E-state index in [1.807, 2.05) is 24.5 Å². The van der Waals surface area contributed by atoms with Gasteiger partial charge in [-0.25, -0.2) is 0 Å². The maximum absolute atomic E-state index is 12.8. The van der Waals surface area contributed by atoms with E-state index in [1.165, 1.54) is 18.4 Å². The van der Waals surface area contributed by atoms with E-state index in [1.54, 1.807) is 0 Å². The number of likely N-dealkylation sites (tertiary alicyclic amines) is 1. The molecule has 0 atom stereocenters. The minimum Gasteiger partial charge on any atom is -0.381 e. The first-order chi connectivity index (χ1) is 15.3. The Hall–Kier alpha value is -2.77. The van der Waals surface area contributed by atoms with Gasteiger partial charge in [0.1, 0.15) is 0 Å². The van der Waals surface area contributed by atoms with Crippen LogP contribution in [0.2, 0.25) is 0 Å². The highest BCUT2D eigenvalue weighted by molar-refractivity contribution is 6.05. The van der Waals surface area contributed by atoms with Gasteiger partial charge in [-0.05, 0) is 74.0 Å². The van der Waals surface area contributed by atoms with Crippen molar-refractivity contribution in [3.8, 4) is 11.1 Å². The van der Waals surface area contributed by atoms with Crippen molar-refractivity contribution < 1.29 is 9.53 Å². The summed E-state index contributed by atoms with van der Waals surface area (Å²) in [5.41, 5.74) is 4.64. The van der Waals surface area contributed by atoms with E-state index in [0.717, 1.165) is 67.7 Å². The summed E-state index contributed by atoms with van der Waals surface area (Å²) in [6, 6.07) is 8.29. The van der Waals surface area contributed by atoms with Gasteiger partial charge in [0.05, 0.1) is 5.52 Å². The van der Waals surface area contributed by atoms with Crippen molar-refractivity contribution in [2.75, 3.05) is 32.8 Å². The van der Waals surface area contributed by atoms with Crippen molar-refractivity contribution >= 4 is 16.8 Å². The molecule has 0 aliphatic carbocycles. The van der Waals surface area contributed by atoms with Gasteiger partial charge in [-0.1, -0.05) is 6.07 Å². The van der Waals surface area contributed by atoms with E-state index >= 15 is 0 Å². The van der Waals surface area contributed by atoms with E-state index in [9.17, 15) is 4.79 Å². The molecule has 0 unspecified atom stereocenters. The number of carbonyl (C=O) groups excluding carboxylic acids is 1. The Bertz CT molecular complexity index is 1050. The number of carbonyl (C=O) groups is 1. The van der Waals surface area contributed by atoms with Gasteiger partial charge in [-0.15, -0.1) is 0 Å². The van der Waals surface area contributed by atoms with Crippen molar-refractivity contribution in [1.82, 2.24) is 25.4 Å². The second kappa shape index (κ2) is 9.16. The van der Waals surface area contributed by atoms with Gasteiger partial charge in [-0.3, -0.25) is 19.8 Å². The summed E-state index contributed by atoms with van der Waals surface area (Å²) in [4.78, 5) is 19.8. The molecular weight excluding hydrogens is 390 g/mol. The molecule has 1 aromatic carbocycles. The maximum Gasteiger partial charge on any atom is 0.272 e. The molecule has 162 valence electrons. The van der Waals surface area contributed by atoms with Gasteiger partial charge >= 0.3 is 0 Å². The third-order valence-electron chi connectivity index (χ3n) is 6.40. The molecule has 2 aromatic heterocycles. The number of pyridine rings is 1. The summed E-state index contributed by atoms with van der Waals surface area (Å²) in [5, 5.41) is 11.2. The number of hydrogen-bond donors (Lipinski definition) is 2. The lowest BCUT2D eigenvalue weighted by Gasteiger charge is -2.21. The zero-order valence-electron chi connectivity index (χ0n) is 17.8. The first kappa shape index (κ1) is 20.2. The van der Waals surface area contributed by atoms with Crippen LogP contribution in [0.4, 0.5) is 0 Å². The van der Waals surface area contributed by atoms with Crippen molar-refractivity contribution in [1.29, 1.82) is 0 Å². The van der Waals surface area contributed by atoms with Gasteiger partial charge < -0.3 is 10.1 Å². The fourth-order valence-corrected chi connectivity index (χ4v) is 4.57. The molecule has 0 saturated carbocycles. The SMILES string of the molecule is O=C(NCC1CCOCC1)c1n[nH]c2ccc(-c3cncc(CN4CCCC4)c3)cc12. The smallest absolute Gasteiger partial charge is 0.272 e. The highest BCUT2D eigenvalue weighted by Gasteiger charge is 2.19. The topological polar surface area (TPSA) is 83.1 Å². The van der Waals surface area contributed by atoms with Gasteiger partial charge in [-0.2, -0.15) is 5.10 Å². The summed E-state index contributed by atoms with van der Waals surface area (Å²) in [6.07, 6.45) is 8.39. The zero-order valence-corrected chi connectivity index (χ0v) is 17.8. The van der Waals surface area contributed by atoms with E-state index in [4.69, 9.17) is 4.74 Å². The third kappa shape index (κ3) is 4.62. The Morgan fingerprint density at radius 2 is 1.97 bits per heavy atom. The van der Waals surface area contributed by atoms with E-state index < -0.39 is 0 Å². The quantitative estimate of drug-likeness (QED) is 0.640. The lowest BCUT2D eigenvalue weighted by atomic mass is 10.0. The molecule has 2 N–H and O–H groups in total. The average molecular weight is 420 g/mol. The highest BCUT2D eigenvalue weighted by atomic mass is 16.5. The van der Waals surface area contributed by atoms with Crippen LogP contribution in [0.5, 0.6) is 0 Å². The van der Waals surface area contributed by atoms with Crippen molar-refractivity contribution in [3.63, 3.8) is 0 Å². The highest BCUT2D eigenvalue weighted by Crippen LogP contribution is 2.26. The fourth-order valence-electron chi connectivity index (χ4n) is 4.57. The van der Waals surface area contributed by atoms with Crippen LogP contribution in [0.15, 0.2) is 36.7 Å². The molecular formula is C24H29N5O2. The Kier molecular flexibility index (Phi) is 5.95. The van der Waals surface area contributed by atoms with Gasteiger partial charge in [0, 0.05) is 49.6 Å². The minimum absolute atomic E-state index is 0.129. The first-order valence-electron chi connectivity index (χ1n) is 11.3. The van der Waals surface area contributed by atoms with Crippen LogP contribution >= 0.6 is 0 Å². The second-order valence-electron chi connectivity index (χ2n) is 8.66. The predicted molar refractivity (Wildman–Crippen MR) is 120 cm³/mol. The van der Waals surface area contributed by atoms with E-state index in [0.29, 0.717) is 18.2 Å². The fraction of sp³-hybridized carbons (Fsp3) is 0.458. The standard InChI is InChI=1S/C24H29N5O2/c30-24(26-14-17-5-9-31-10-6-17)23-21-12-19(3-4-22(21)27-28-23)20-11-18(13-25-15-20)16-29-7-1-2-8-29/h3-4,11-13,15,17H,1-2,5-10,14,16H2,(H,26,30)(H,27,28). The molecule has 0 radical (unpaired) electrons. The summed E-state index contributed by atoms with van der Waals surface area (Å²) < 4.78 is 5.40. The summed E-state index contributed by atoms with van der Waals surface area (Å²) in [5.74, 6) is 0.346. The molecule has 0 bridgehead atoms. The minimum atomic E-state index is -0.129. The average Bonchev–Trinajstić information content (AvgIpc) is 3.48. The maximum atomic E-state index is 12.8. The second-order valence-corrected chi connectivity index (χ2v) is 8.66. The number of fused-ring (bicyclic) bond motifs is 1. The molecule has 2 aliphatic heterocycles. The first-order valence-corrected chi connectivity index (χ1v) is 11.3. The molecule has 31 heavy (non-hydrogen) atoms. The Morgan fingerprint density at radius 3 is 2.81 bits per heavy atom. The predicted octanol–water partition coefficient (Wildman–Crippen LogP) is 3.38.